The van der Waals surface area contributed by atoms with Gasteiger partial charge in [0.05, 0.1) is 24.9 Å². The second-order valence-electron chi connectivity index (χ2n) is 6.38. The summed E-state index contributed by atoms with van der Waals surface area (Å²) in [5, 5.41) is 19.5. The van der Waals surface area contributed by atoms with Gasteiger partial charge in [-0.1, -0.05) is 12.1 Å². The fourth-order valence-electron chi connectivity index (χ4n) is 3.00. The molecule has 8 heteroatoms. The van der Waals surface area contributed by atoms with Crippen LogP contribution in [-0.2, 0) is 4.79 Å². The van der Waals surface area contributed by atoms with Crippen LogP contribution in [0.15, 0.2) is 6.20 Å². The maximum atomic E-state index is 12.2. The first-order valence-corrected chi connectivity index (χ1v) is 7.97. The molecule has 2 unspecified atom stereocenters. The molecule has 1 N–H and O–H groups in total. The molecule has 2 atom stereocenters. The summed E-state index contributed by atoms with van der Waals surface area (Å²) in [5.41, 5.74) is 0.219. The molecule has 2 fully saturated rings. The lowest BCUT2D eigenvalue weighted by molar-refractivity contribution is -0.130. The van der Waals surface area contributed by atoms with Crippen molar-refractivity contribution in [1.82, 2.24) is 25.2 Å². The van der Waals surface area contributed by atoms with Crippen LogP contribution in [0.2, 0.25) is 0 Å². The molecule has 1 aliphatic heterocycles. The predicted molar refractivity (Wildman–Crippen MR) is 80.1 cm³/mol. The largest absolute Gasteiger partial charge is 0.342 e. The van der Waals surface area contributed by atoms with Crippen LogP contribution in [0.4, 0.5) is 0 Å². The van der Waals surface area contributed by atoms with Crippen molar-refractivity contribution < 1.29 is 9.59 Å². The molecule has 0 aromatic carbocycles. The van der Waals surface area contributed by atoms with E-state index in [2.05, 4.69) is 21.7 Å². The molecule has 1 aromatic rings. The standard InChI is InChI=1S/C15H20N6O2/c1-10-5-12(6-16)20(8-10)14(22)7-17-15(23)13-9-21(19-18-13)11-3-2-4-11/h9-12H,2-5,7-8H2,1H3,(H,17,23). The van der Waals surface area contributed by atoms with Gasteiger partial charge in [0.15, 0.2) is 5.69 Å². The van der Waals surface area contributed by atoms with E-state index in [1.807, 2.05) is 6.92 Å². The zero-order valence-corrected chi connectivity index (χ0v) is 13.1. The van der Waals surface area contributed by atoms with Gasteiger partial charge in [-0.2, -0.15) is 5.26 Å². The van der Waals surface area contributed by atoms with Gasteiger partial charge in [-0.25, -0.2) is 4.68 Å². The molecular weight excluding hydrogens is 296 g/mol. The lowest BCUT2D eigenvalue weighted by Crippen LogP contribution is -2.42. The minimum absolute atomic E-state index is 0.125. The van der Waals surface area contributed by atoms with E-state index in [1.54, 1.807) is 10.9 Å². The van der Waals surface area contributed by atoms with Crippen LogP contribution in [0.1, 0.15) is 49.1 Å². The Hall–Kier alpha value is -2.43. The lowest BCUT2D eigenvalue weighted by atomic mass is 9.93. The molecule has 2 amide bonds. The van der Waals surface area contributed by atoms with E-state index in [0.29, 0.717) is 24.9 Å². The van der Waals surface area contributed by atoms with Crippen LogP contribution < -0.4 is 5.32 Å². The second kappa shape index (κ2) is 6.36. The third-order valence-electron chi connectivity index (χ3n) is 4.57. The number of likely N-dealkylation sites (tertiary alicyclic amines) is 1. The molecule has 2 heterocycles. The van der Waals surface area contributed by atoms with E-state index < -0.39 is 11.9 Å². The van der Waals surface area contributed by atoms with Crippen LogP contribution in [0.25, 0.3) is 0 Å². The first-order chi connectivity index (χ1) is 11.1. The average molecular weight is 316 g/mol. The number of amides is 2. The van der Waals surface area contributed by atoms with Gasteiger partial charge in [-0.15, -0.1) is 5.10 Å². The Kier molecular flexibility index (Phi) is 4.28. The first-order valence-electron chi connectivity index (χ1n) is 7.97. The van der Waals surface area contributed by atoms with Gasteiger partial charge in [-0.05, 0) is 31.6 Å². The molecular formula is C15H20N6O2. The Morgan fingerprint density at radius 2 is 2.26 bits per heavy atom. The van der Waals surface area contributed by atoms with Gasteiger partial charge in [-0.3, -0.25) is 9.59 Å². The number of nitriles is 1. The highest BCUT2D eigenvalue weighted by Crippen LogP contribution is 2.30. The van der Waals surface area contributed by atoms with Gasteiger partial charge in [0, 0.05) is 6.54 Å². The van der Waals surface area contributed by atoms with Crippen LogP contribution in [0, 0.1) is 17.2 Å². The van der Waals surface area contributed by atoms with E-state index in [-0.39, 0.29) is 18.1 Å². The Balaban J connectivity index is 1.53. The van der Waals surface area contributed by atoms with Crippen LogP contribution in [-0.4, -0.2) is 50.8 Å². The number of nitrogens with one attached hydrogen (secondary N) is 1. The van der Waals surface area contributed by atoms with Crippen molar-refractivity contribution in [2.24, 2.45) is 5.92 Å². The number of rotatable bonds is 4. The summed E-state index contributed by atoms with van der Waals surface area (Å²) in [6, 6.07) is 2.09. The fraction of sp³-hybridized carbons (Fsp3) is 0.667. The minimum Gasteiger partial charge on any atom is -0.342 e. The van der Waals surface area contributed by atoms with Gasteiger partial charge >= 0.3 is 0 Å². The molecule has 0 bridgehead atoms. The Labute approximate surface area is 134 Å². The lowest BCUT2D eigenvalue weighted by Gasteiger charge is -2.24. The Morgan fingerprint density at radius 3 is 2.91 bits per heavy atom. The van der Waals surface area contributed by atoms with E-state index in [4.69, 9.17) is 5.26 Å². The highest BCUT2D eigenvalue weighted by molar-refractivity contribution is 5.94. The zero-order valence-electron chi connectivity index (χ0n) is 13.1. The molecule has 0 spiro atoms. The Bertz CT molecular complexity index is 645. The van der Waals surface area contributed by atoms with Crippen LogP contribution in [0.5, 0.6) is 0 Å². The van der Waals surface area contributed by atoms with E-state index in [9.17, 15) is 9.59 Å². The summed E-state index contributed by atoms with van der Waals surface area (Å²) in [5.74, 6) is -0.341. The summed E-state index contributed by atoms with van der Waals surface area (Å²) in [4.78, 5) is 25.8. The molecule has 23 heavy (non-hydrogen) atoms. The summed E-state index contributed by atoms with van der Waals surface area (Å²) in [6.07, 6.45) is 5.61. The third kappa shape index (κ3) is 3.18. The highest BCUT2D eigenvalue weighted by Gasteiger charge is 2.33. The predicted octanol–water partition coefficient (Wildman–Crippen LogP) is 0.493. The summed E-state index contributed by atoms with van der Waals surface area (Å²) < 4.78 is 1.72. The maximum Gasteiger partial charge on any atom is 0.273 e. The van der Waals surface area contributed by atoms with E-state index in [1.165, 1.54) is 11.3 Å². The number of carbonyl (C=O) groups excluding carboxylic acids is 2. The van der Waals surface area contributed by atoms with Crippen molar-refractivity contribution in [2.75, 3.05) is 13.1 Å². The van der Waals surface area contributed by atoms with Crippen LogP contribution in [0.3, 0.4) is 0 Å². The van der Waals surface area contributed by atoms with Crippen molar-refractivity contribution in [1.29, 1.82) is 5.26 Å². The number of hydrogen-bond donors (Lipinski definition) is 1. The summed E-state index contributed by atoms with van der Waals surface area (Å²) >= 11 is 0. The molecule has 0 radical (unpaired) electrons. The maximum absolute atomic E-state index is 12.2. The number of aromatic nitrogens is 3. The molecule has 1 aliphatic carbocycles. The van der Waals surface area contributed by atoms with Crippen molar-refractivity contribution in [3.8, 4) is 6.07 Å². The molecule has 2 aliphatic rings. The third-order valence-corrected chi connectivity index (χ3v) is 4.57. The average Bonchev–Trinajstić information content (AvgIpc) is 3.09. The normalized spacial score (nSPS) is 24.1. The topological polar surface area (TPSA) is 104 Å². The molecule has 1 saturated heterocycles. The second-order valence-corrected chi connectivity index (χ2v) is 6.38. The molecule has 1 saturated carbocycles. The molecule has 3 rings (SSSR count). The molecule has 122 valence electrons. The van der Waals surface area contributed by atoms with Gasteiger partial charge < -0.3 is 10.2 Å². The van der Waals surface area contributed by atoms with Gasteiger partial charge in [0.25, 0.3) is 5.91 Å². The van der Waals surface area contributed by atoms with Crippen molar-refractivity contribution in [2.45, 2.75) is 44.7 Å². The number of hydrogen-bond acceptors (Lipinski definition) is 5. The highest BCUT2D eigenvalue weighted by atomic mass is 16.2. The zero-order chi connectivity index (χ0) is 16.4. The summed E-state index contributed by atoms with van der Waals surface area (Å²) in [7, 11) is 0. The fourth-order valence-corrected chi connectivity index (χ4v) is 3.00. The van der Waals surface area contributed by atoms with Crippen LogP contribution >= 0.6 is 0 Å². The molecule has 1 aromatic heterocycles. The van der Waals surface area contributed by atoms with Crippen molar-refractivity contribution in [3.63, 3.8) is 0 Å². The van der Waals surface area contributed by atoms with Crippen molar-refractivity contribution >= 4 is 11.8 Å². The smallest absolute Gasteiger partial charge is 0.273 e. The minimum atomic E-state index is -0.412. The number of carbonyl (C=O) groups is 2. The number of nitrogens with zero attached hydrogens (tertiary/aromatic N) is 5. The summed E-state index contributed by atoms with van der Waals surface area (Å²) in [6.45, 7) is 2.44. The SMILES string of the molecule is CC1CC(C#N)N(C(=O)CNC(=O)c2cn(C3CCC3)nn2)C1. The quantitative estimate of drug-likeness (QED) is 0.870. The first kappa shape index (κ1) is 15.5. The van der Waals surface area contributed by atoms with E-state index >= 15 is 0 Å². The van der Waals surface area contributed by atoms with Gasteiger partial charge in [0.1, 0.15) is 6.04 Å². The van der Waals surface area contributed by atoms with E-state index in [0.717, 1.165) is 12.8 Å². The monoisotopic (exact) mass is 316 g/mol. The molecule has 8 nitrogen and oxygen atoms in total. The van der Waals surface area contributed by atoms with Crippen molar-refractivity contribution in [3.05, 3.63) is 11.9 Å². The Morgan fingerprint density at radius 1 is 1.48 bits per heavy atom. The van der Waals surface area contributed by atoms with Gasteiger partial charge in [0.2, 0.25) is 5.91 Å².